The number of fused-ring (bicyclic) bond motifs is 1. The Morgan fingerprint density at radius 3 is 2.96 bits per heavy atom. The number of amides is 1. The Bertz CT molecular complexity index is 1230. The van der Waals surface area contributed by atoms with Gasteiger partial charge in [0.15, 0.2) is 0 Å². The Labute approximate surface area is 161 Å². The number of nitrogens with one attached hydrogen (secondary N) is 1. The lowest BCUT2D eigenvalue weighted by atomic mass is 10.1. The second-order valence-electron chi connectivity index (χ2n) is 6.79. The molecule has 1 amide bonds. The molecule has 0 saturated carbocycles. The summed E-state index contributed by atoms with van der Waals surface area (Å²) in [6.45, 7) is 0.692. The van der Waals surface area contributed by atoms with E-state index in [-0.39, 0.29) is 24.0 Å². The number of ether oxygens (including phenoxy) is 1. The predicted molar refractivity (Wildman–Crippen MR) is 100 cm³/mol. The van der Waals surface area contributed by atoms with Gasteiger partial charge in [-0.3, -0.25) is 4.79 Å². The van der Waals surface area contributed by atoms with E-state index in [9.17, 15) is 13.2 Å². The molecule has 2 aliphatic rings. The summed E-state index contributed by atoms with van der Waals surface area (Å²) in [5, 5.41) is 3.96. The molecule has 1 N–H and O–H groups in total. The van der Waals surface area contributed by atoms with E-state index in [1.165, 1.54) is 4.31 Å². The molecule has 5 rings (SSSR count). The highest BCUT2D eigenvalue weighted by molar-refractivity contribution is 7.89. The number of hydrogen-bond acceptors (Lipinski definition) is 6. The zero-order valence-electron chi connectivity index (χ0n) is 15.1. The molecule has 0 saturated heterocycles. The number of nitrogens with zero attached hydrogens (tertiary/aromatic N) is 2. The highest BCUT2D eigenvalue weighted by Crippen LogP contribution is 2.38. The van der Waals surface area contributed by atoms with E-state index in [2.05, 4.69) is 10.3 Å². The third-order valence-corrected chi connectivity index (χ3v) is 7.02. The van der Waals surface area contributed by atoms with Gasteiger partial charge in [0.2, 0.25) is 15.9 Å². The van der Waals surface area contributed by atoms with Gasteiger partial charge in [0.1, 0.15) is 12.4 Å². The molecule has 1 aromatic heterocycles. The maximum absolute atomic E-state index is 13.4. The number of carbonyl (C=O) groups is 1. The van der Waals surface area contributed by atoms with E-state index in [0.717, 1.165) is 0 Å². The summed E-state index contributed by atoms with van der Waals surface area (Å²) < 4.78 is 38.9. The largest absolute Gasteiger partial charge is 0.443 e. The monoisotopic (exact) mass is 399 g/mol. The Morgan fingerprint density at radius 1 is 1.29 bits per heavy atom. The first-order valence-electron chi connectivity index (χ1n) is 8.82. The summed E-state index contributed by atoms with van der Waals surface area (Å²) in [5.41, 5.74) is 1.74. The van der Waals surface area contributed by atoms with Crippen LogP contribution < -0.4 is 5.32 Å². The Kier molecular flexibility index (Phi) is 3.80. The molecule has 0 atom stereocenters. The van der Waals surface area contributed by atoms with Gasteiger partial charge in [-0.2, -0.15) is 4.31 Å². The molecule has 144 valence electrons. The minimum Gasteiger partial charge on any atom is -0.443 e. The van der Waals surface area contributed by atoms with Crippen LogP contribution in [0.4, 0.5) is 5.69 Å². The van der Waals surface area contributed by atoms with Crippen LogP contribution in [0.2, 0.25) is 0 Å². The van der Waals surface area contributed by atoms with E-state index < -0.39 is 10.0 Å². The number of hydrogen-bond donors (Lipinski definition) is 1. The molecule has 2 aromatic carbocycles. The van der Waals surface area contributed by atoms with Crippen LogP contribution in [0.1, 0.15) is 27.7 Å². The van der Waals surface area contributed by atoms with Crippen LogP contribution in [0.15, 0.2) is 39.6 Å². The van der Waals surface area contributed by atoms with Gasteiger partial charge in [-0.05, 0) is 18.2 Å². The zero-order valence-corrected chi connectivity index (χ0v) is 15.9. The fraction of sp³-hybridized carbons (Fsp3) is 0.263. The number of aromatic nitrogens is 1. The number of sulfonamides is 1. The average molecular weight is 399 g/mol. The Hall–Kier alpha value is -2.75. The average Bonchev–Trinajstić information content (AvgIpc) is 3.23. The van der Waals surface area contributed by atoms with Crippen LogP contribution in [-0.2, 0) is 34.3 Å². The number of rotatable bonds is 4. The van der Waals surface area contributed by atoms with E-state index in [1.54, 1.807) is 37.4 Å². The van der Waals surface area contributed by atoms with Crippen LogP contribution in [0.3, 0.4) is 0 Å². The normalized spacial score (nSPS) is 16.4. The van der Waals surface area contributed by atoms with Crippen LogP contribution in [0.25, 0.3) is 10.8 Å². The molecule has 8 nitrogen and oxygen atoms in total. The van der Waals surface area contributed by atoms with Crippen LogP contribution in [0.5, 0.6) is 0 Å². The Morgan fingerprint density at radius 2 is 2.14 bits per heavy atom. The van der Waals surface area contributed by atoms with Crippen LogP contribution in [0, 0.1) is 0 Å². The van der Waals surface area contributed by atoms with Gasteiger partial charge in [-0.1, -0.05) is 12.1 Å². The molecule has 0 radical (unpaired) electrons. The first-order chi connectivity index (χ1) is 13.5. The van der Waals surface area contributed by atoms with Crippen molar-refractivity contribution in [1.82, 2.24) is 9.29 Å². The molecular formula is C19H17N3O5S. The quantitative estimate of drug-likeness (QED) is 0.722. The van der Waals surface area contributed by atoms with Crippen molar-refractivity contribution >= 4 is 32.4 Å². The Balaban J connectivity index is 1.57. The molecule has 28 heavy (non-hydrogen) atoms. The van der Waals surface area contributed by atoms with Gasteiger partial charge in [0.05, 0.1) is 17.1 Å². The van der Waals surface area contributed by atoms with Gasteiger partial charge in [-0.25, -0.2) is 13.4 Å². The topological polar surface area (TPSA) is 102 Å². The standard InChI is InChI=1S/C19H17N3O5S/c1-26-10-17-20-14-9-22(8-7-15(14)27-17)28(24,25)16-6-5-13-18-11(16)3-2-4-12(18)19(23)21-13/h2-6H,7-10H2,1H3,(H,21,23). The van der Waals surface area contributed by atoms with Crippen LogP contribution >= 0.6 is 0 Å². The van der Waals surface area contributed by atoms with Crippen molar-refractivity contribution in [3.63, 3.8) is 0 Å². The van der Waals surface area contributed by atoms with Gasteiger partial charge in [0.25, 0.3) is 5.91 Å². The third kappa shape index (κ3) is 2.47. The molecule has 3 heterocycles. The number of methoxy groups -OCH3 is 1. The van der Waals surface area contributed by atoms with Gasteiger partial charge >= 0.3 is 0 Å². The molecular weight excluding hydrogens is 382 g/mol. The highest BCUT2D eigenvalue weighted by atomic mass is 32.2. The number of carbonyl (C=O) groups excluding carboxylic acids is 1. The van der Waals surface area contributed by atoms with Crippen molar-refractivity contribution in [2.75, 3.05) is 19.0 Å². The number of benzene rings is 2. The van der Waals surface area contributed by atoms with Crippen molar-refractivity contribution in [1.29, 1.82) is 0 Å². The van der Waals surface area contributed by atoms with Crippen LogP contribution in [-0.4, -0.2) is 37.3 Å². The van der Waals surface area contributed by atoms with Crippen molar-refractivity contribution in [3.05, 3.63) is 53.2 Å². The second kappa shape index (κ2) is 6.13. The van der Waals surface area contributed by atoms with Gasteiger partial charge in [-0.15, -0.1) is 0 Å². The summed E-state index contributed by atoms with van der Waals surface area (Å²) in [5.74, 6) is 0.932. The molecule has 0 aliphatic carbocycles. The maximum atomic E-state index is 13.4. The molecule has 0 spiro atoms. The van der Waals surface area contributed by atoms with Crippen molar-refractivity contribution in [2.45, 2.75) is 24.5 Å². The van der Waals surface area contributed by atoms with E-state index in [0.29, 0.717) is 52.3 Å². The smallest absolute Gasteiger partial charge is 0.256 e. The second-order valence-corrected chi connectivity index (χ2v) is 8.70. The first kappa shape index (κ1) is 17.4. The first-order valence-corrected chi connectivity index (χ1v) is 10.3. The van der Waals surface area contributed by atoms with Crippen molar-refractivity contribution < 1.29 is 22.4 Å². The molecule has 3 aromatic rings. The predicted octanol–water partition coefficient (Wildman–Crippen LogP) is 2.29. The zero-order chi connectivity index (χ0) is 19.5. The number of anilines is 1. The van der Waals surface area contributed by atoms with Crippen molar-refractivity contribution in [3.8, 4) is 0 Å². The summed E-state index contributed by atoms with van der Waals surface area (Å²) in [7, 11) is -2.23. The van der Waals surface area contributed by atoms with E-state index >= 15 is 0 Å². The fourth-order valence-corrected chi connectivity index (χ4v) is 5.44. The maximum Gasteiger partial charge on any atom is 0.256 e. The van der Waals surface area contributed by atoms with E-state index in [1.807, 2.05) is 0 Å². The lowest BCUT2D eigenvalue weighted by molar-refractivity contribution is 0.103. The molecule has 0 fully saturated rings. The minimum absolute atomic E-state index is 0.144. The van der Waals surface area contributed by atoms with Gasteiger partial charge < -0.3 is 14.5 Å². The highest BCUT2D eigenvalue weighted by Gasteiger charge is 2.34. The summed E-state index contributed by atoms with van der Waals surface area (Å²) in [4.78, 5) is 16.6. The minimum atomic E-state index is -3.78. The lowest BCUT2D eigenvalue weighted by Gasteiger charge is -2.25. The molecule has 0 unspecified atom stereocenters. The van der Waals surface area contributed by atoms with Crippen molar-refractivity contribution in [2.24, 2.45) is 0 Å². The molecule has 9 heteroatoms. The summed E-state index contributed by atoms with van der Waals surface area (Å²) >= 11 is 0. The number of oxazole rings is 1. The van der Waals surface area contributed by atoms with E-state index in [4.69, 9.17) is 9.15 Å². The van der Waals surface area contributed by atoms with Gasteiger partial charge in [0, 0.05) is 42.1 Å². The summed E-state index contributed by atoms with van der Waals surface area (Å²) in [6, 6.07) is 8.33. The molecule has 0 bridgehead atoms. The lowest BCUT2D eigenvalue weighted by Crippen LogP contribution is -2.35. The summed E-state index contributed by atoms with van der Waals surface area (Å²) in [6.07, 6.45) is 0.451. The third-order valence-electron chi connectivity index (χ3n) is 5.12. The SMILES string of the molecule is COCc1nc2c(o1)CCN(S(=O)(=O)c1ccc3c4c(cccc14)C(=O)N3)C2. The fourth-order valence-electron chi connectivity index (χ4n) is 3.85. The molecule has 2 aliphatic heterocycles.